The van der Waals surface area contributed by atoms with Gasteiger partial charge in [-0.3, -0.25) is 4.79 Å². The zero-order valence-electron chi connectivity index (χ0n) is 12.6. The first-order valence-corrected chi connectivity index (χ1v) is 8.15. The second kappa shape index (κ2) is 6.72. The van der Waals surface area contributed by atoms with E-state index >= 15 is 0 Å². The Morgan fingerprint density at radius 2 is 1.79 bits per heavy atom. The van der Waals surface area contributed by atoms with E-state index in [1.165, 1.54) is 23.5 Å². The first-order chi connectivity index (χ1) is 11.5. The van der Waals surface area contributed by atoms with Crippen LogP contribution in [0.25, 0.3) is 10.1 Å². The van der Waals surface area contributed by atoms with Crippen molar-refractivity contribution in [3.8, 4) is 5.75 Å². The number of phenolic OH excluding ortho intramolecular Hbond substituents is 1. The van der Waals surface area contributed by atoms with Crippen LogP contribution in [-0.2, 0) is 11.2 Å². The zero-order chi connectivity index (χ0) is 17.1. The molecule has 0 saturated carbocycles. The maximum absolute atomic E-state index is 12.4. The van der Waals surface area contributed by atoms with Crippen molar-refractivity contribution in [2.45, 2.75) is 12.5 Å². The maximum atomic E-state index is 12.4. The van der Waals surface area contributed by atoms with Crippen LogP contribution in [0.5, 0.6) is 5.75 Å². The van der Waals surface area contributed by atoms with E-state index in [0.29, 0.717) is 4.88 Å². The monoisotopic (exact) mass is 341 g/mol. The second-order valence-corrected chi connectivity index (χ2v) is 6.47. The lowest BCUT2D eigenvalue weighted by Gasteiger charge is -2.14. The van der Waals surface area contributed by atoms with E-state index in [9.17, 15) is 19.8 Å². The Hall–Kier alpha value is -2.86. The quantitative estimate of drug-likeness (QED) is 0.666. The second-order valence-electron chi connectivity index (χ2n) is 5.38. The highest BCUT2D eigenvalue weighted by Gasteiger charge is 2.22. The molecule has 0 aliphatic heterocycles. The number of carboxylic acids is 1. The third-order valence-electron chi connectivity index (χ3n) is 3.63. The summed E-state index contributed by atoms with van der Waals surface area (Å²) >= 11 is 1.33. The third kappa shape index (κ3) is 3.55. The highest BCUT2D eigenvalue weighted by Crippen LogP contribution is 2.25. The molecule has 0 unspecified atom stereocenters. The number of hydrogen-bond acceptors (Lipinski definition) is 4. The van der Waals surface area contributed by atoms with Crippen LogP contribution in [0.1, 0.15) is 15.2 Å². The lowest BCUT2D eigenvalue weighted by molar-refractivity contribution is -0.139. The number of benzene rings is 2. The highest BCUT2D eigenvalue weighted by atomic mass is 32.1. The highest BCUT2D eigenvalue weighted by molar-refractivity contribution is 7.20. The van der Waals surface area contributed by atoms with E-state index in [4.69, 9.17) is 0 Å². The third-order valence-corrected chi connectivity index (χ3v) is 4.74. The van der Waals surface area contributed by atoms with Crippen LogP contribution in [0.4, 0.5) is 0 Å². The molecule has 1 amide bonds. The van der Waals surface area contributed by atoms with Crippen LogP contribution in [-0.4, -0.2) is 28.1 Å². The Morgan fingerprint density at radius 1 is 1.08 bits per heavy atom. The molecule has 1 aromatic heterocycles. The van der Waals surface area contributed by atoms with Crippen molar-refractivity contribution in [3.63, 3.8) is 0 Å². The minimum Gasteiger partial charge on any atom is -0.508 e. The van der Waals surface area contributed by atoms with Crippen LogP contribution in [0, 0.1) is 0 Å². The number of aromatic hydroxyl groups is 1. The molecule has 0 bridgehead atoms. The summed E-state index contributed by atoms with van der Waals surface area (Å²) in [5.41, 5.74) is 0.719. The van der Waals surface area contributed by atoms with Gasteiger partial charge in [-0.25, -0.2) is 4.79 Å². The number of phenols is 1. The molecule has 1 heterocycles. The number of aliphatic carboxylic acids is 1. The minimum atomic E-state index is -1.10. The molecule has 3 rings (SSSR count). The summed E-state index contributed by atoms with van der Waals surface area (Å²) in [6.45, 7) is 0. The van der Waals surface area contributed by atoms with Gasteiger partial charge in [0.05, 0.1) is 4.88 Å². The van der Waals surface area contributed by atoms with Crippen molar-refractivity contribution < 1.29 is 19.8 Å². The molecule has 0 saturated heterocycles. The number of hydrogen-bond donors (Lipinski definition) is 3. The van der Waals surface area contributed by atoms with Crippen molar-refractivity contribution in [2.75, 3.05) is 0 Å². The molecule has 1 atom stereocenters. The summed E-state index contributed by atoms with van der Waals surface area (Å²) in [6, 6.07) is 14.6. The fourth-order valence-electron chi connectivity index (χ4n) is 2.39. The Bertz CT molecular complexity index is 852. The molecular weight excluding hydrogens is 326 g/mol. The van der Waals surface area contributed by atoms with Gasteiger partial charge >= 0.3 is 5.97 Å². The molecule has 0 aliphatic rings. The number of carbonyl (C=O) groups is 2. The predicted octanol–water partition coefficient (Wildman–Crippen LogP) is 3.03. The van der Waals surface area contributed by atoms with Gasteiger partial charge < -0.3 is 15.5 Å². The SMILES string of the molecule is O=C(N[C@H](Cc1ccc(O)cc1)C(=O)O)c1cc2ccccc2s1. The lowest BCUT2D eigenvalue weighted by Crippen LogP contribution is -2.42. The molecule has 2 aromatic carbocycles. The first-order valence-electron chi connectivity index (χ1n) is 7.33. The first kappa shape index (κ1) is 16.0. The van der Waals surface area contributed by atoms with Crippen molar-refractivity contribution in [2.24, 2.45) is 0 Å². The maximum Gasteiger partial charge on any atom is 0.326 e. The smallest absolute Gasteiger partial charge is 0.326 e. The van der Waals surface area contributed by atoms with Gasteiger partial charge in [0, 0.05) is 11.1 Å². The summed E-state index contributed by atoms with van der Waals surface area (Å²) in [6.07, 6.45) is 0.145. The van der Waals surface area contributed by atoms with Crippen molar-refractivity contribution in [1.82, 2.24) is 5.32 Å². The summed E-state index contributed by atoms with van der Waals surface area (Å²) < 4.78 is 0.980. The molecule has 0 radical (unpaired) electrons. The van der Waals surface area contributed by atoms with Gasteiger partial charge in [-0.05, 0) is 35.2 Å². The standard InChI is InChI=1S/C18H15NO4S/c20-13-7-5-11(6-8-13)9-14(18(22)23)19-17(21)16-10-12-3-1-2-4-15(12)24-16/h1-8,10,14,20H,9H2,(H,19,21)(H,22,23)/t14-/m1/s1. The number of thiophene rings is 1. The predicted molar refractivity (Wildman–Crippen MR) is 92.5 cm³/mol. The number of rotatable bonds is 5. The molecule has 122 valence electrons. The Labute approximate surface area is 142 Å². The largest absolute Gasteiger partial charge is 0.508 e. The summed E-state index contributed by atoms with van der Waals surface area (Å²) in [5, 5.41) is 22.2. The Kier molecular flexibility index (Phi) is 4.48. The van der Waals surface area contributed by atoms with E-state index in [-0.39, 0.29) is 12.2 Å². The normalized spacial score (nSPS) is 12.0. The fraction of sp³-hybridized carbons (Fsp3) is 0.111. The summed E-state index contributed by atoms with van der Waals surface area (Å²) in [4.78, 5) is 24.3. The minimum absolute atomic E-state index is 0.111. The topological polar surface area (TPSA) is 86.6 Å². The molecule has 5 nitrogen and oxygen atoms in total. The van der Waals surface area contributed by atoms with E-state index in [0.717, 1.165) is 15.6 Å². The van der Waals surface area contributed by atoms with E-state index in [1.807, 2.05) is 24.3 Å². The van der Waals surface area contributed by atoms with Gasteiger partial charge in [0.1, 0.15) is 11.8 Å². The molecule has 24 heavy (non-hydrogen) atoms. The van der Waals surface area contributed by atoms with Gasteiger partial charge in [0.15, 0.2) is 0 Å². The van der Waals surface area contributed by atoms with Gasteiger partial charge in [-0.15, -0.1) is 11.3 Å². The lowest BCUT2D eigenvalue weighted by atomic mass is 10.1. The molecule has 0 spiro atoms. The van der Waals surface area contributed by atoms with Crippen molar-refractivity contribution >= 4 is 33.3 Å². The Morgan fingerprint density at radius 3 is 2.46 bits per heavy atom. The fourth-order valence-corrected chi connectivity index (χ4v) is 3.36. The van der Waals surface area contributed by atoms with Crippen LogP contribution in [0.3, 0.4) is 0 Å². The Balaban J connectivity index is 1.76. The molecule has 6 heteroatoms. The summed E-state index contributed by atoms with van der Waals surface area (Å²) in [7, 11) is 0. The van der Waals surface area contributed by atoms with E-state index in [1.54, 1.807) is 18.2 Å². The van der Waals surface area contributed by atoms with Gasteiger partial charge in [0.25, 0.3) is 5.91 Å². The molecular formula is C18H15NO4S. The molecule has 0 fully saturated rings. The number of nitrogens with one attached hydrogen (secondary N) is 1. The van der Waals surface area contributed by atoms with Crippen LogP contribution in [0.2, 0.25) is 0 Å². The molecule has 0 aliphatic carbocycles. The average molecular weight is 341 g/mol. The number of carbonyl (C=O) groups excluding carboxylic acids is 1. The molecule has 3 N–H and O–H groups in total. The number of carboxylic acid groups (broad SMARTS) is 1. The van der Waals surface area contributed by atoms with Crippen molar-refractivity contribution in [1.29, 1.82) is 0 Å². The average Bonchev–Trinajstić information content (AvgIpc) is 3.00. The van der Waals surface area contributed by atoms with E-state index < -0.39 is 17.9 Å². The van der Waals surface area contributed by atoms with Crippen LogP contribution < -0.4 is 5.32 Å². The van der Waals surface area contributed by atoms with Gasteiger partial charge in [0.2, 0.25) is 0 Å². The van der Waals surface area contributed by atoms with Gasteiger partial charge in [-0.1, -0.05) is 30.3 Å². The molecule has 3 aromatic rings. The van der Waals surface area contributed by atoms with Crippen LogP contribution >= 0.6 is 11.3 Å². The zero-order valence-corrected chi connectivity index (χ0v) is 13.4. The number of fused-ring (bicyclic) bond motifs is 1. The van der Waals surface area contributed by atoms with E-state index in [2.05, 4.69) is 5.32 Å². The summed E-state index contributed by atoms with van der Waals surface area (Å²) in [5.74, 6) is -1.39. The number of amides is 1. The van der Waals surface area contributed by atoms with Gasteiger partial charge in [-0.2, -0.15) is 0 Å². The van der Waals surface area contributed by atoms with Crippen molar-refractivity contribution in [3.05, 3.63) is 65.0 Å². The van der Waals surface area contributed by atoms with Crippen LogP contribution in [0.15, 0.2) is 54.6 Å².